The maximum Gasteiger partial charge on any atom is 0.0700 e. The molecule has 0 bridgehead atoms. The summed E-state index contributed by atoms with van der Waals surface area (Å²) in [6.45, 7) is 9.00. The summed E-state index contributed by atoms with van der Waals surface area (Å²) in [7, 11) is 0. The second-order valence-electron chi connectivity index (χ2n) is 5.51. The van der Waals surface area contributed by atoms with Crippen molar-refractivity contribution in [3.05, 3.63) is 0 Å². The molecule has 0 amide bonds. The van der Waals surface area contributed by atoms with Gasteiger partial charge in [-0.3, -0.25) is 0 Å². The van der Waals surface area contributed by atoms with Crippen LogP contribution in [0.15, 0.2) is 0 Å². The molecule has 0 heterocycles. The fraction of sp³-hybridized carbons (Fsp3) is 0.750. The van der Waals surface area contributed by atoms with E-state index in [9.17, 15) is 0 Å². The third-order valence-corrected chi connectivity index (χ3v) is 3.21. The van der Waals surface area contributed by atoms with Crippen molar-refractivity contribution in [1.82, 2.24) is 0 Å². The summed E-state index contributed by atoms with van der Waals surface area (Å²) < 4.78 is 10.0. The normalized spacial score (nSPS) is 10.2. The zero-order chi connectivity index (χ0) is 17.5. The average Bonchev–Trinajstić information content (AvgIpc) is 2.50. The Morgan fingerprint density at radius 3 is 1.18 bits per heavy atom. The minimum atomic E-state index is -0.568. The van der Waals surface area contributed by atoms with Gasteiger partial charge in [0.05, 0.1) is 74.4 Å². The molecule has 0 saturated carbocycles. The van der Waals surface area contributed by atoms with E-state index in [4.69, 9.17) is 30.5 Å². The van der Waals surface area contributed by atoms with E-state index in [0.29, 0.717) is 39.3 Å². The molecule has 6 nitrogen and oxygen atoms in total. The largest absolute Gasteiger partial charge is 0.378 e. The van der Waals surface area contributed by atoms with Gasteiger partial charge in [0.2, 0.25) is 0 Å². The highest BCUT2D eigenvalue weighted by Gasteiger charge is 2.37. The van der Waals surface area contributed by atoms with Crippen LogP contribution in [0.3, 0.4) is 0 Å². The van der Waals surface area contributed by atoms with Crippen LogP contribution in [-0.2, 0) is 9.47 Å². The number of nitriles is 4. The van der Waals surface area contributed by atoms with Gasteiger partial charge in [0, 0.05) is 0 Å². The number of ether oxygens (including phenoxy) is 2. The minimum Gasteiger partial charge on any atom is -0.378 e. The zero-order valence-corrected chi connectivity index (χ0v) is 13.8. The quantitative estimate of drug-likeness (QED) is 0.637. The van der Waals surface area contributed by atoms with Crippen molar-refractivity contribution in [2.45, 2.75) is 40.5 Å². The molecule has 0 N–H and O–H groups in total. The van der Waals surface area contributed by atoms with Gasteiger partial charge in [0.15, 0.2) is 0 Å². The molecule has 0 unspecified atom stereocenters. The van der Waals surface area contributed by atoms with Crippen LogP contribution in [0, 0.1) is 56.2 Å². The lowest BCUT2D eigenvalue weighted by Crippen LogP contribution is -2.29. The van der Waals surface area contributed by atoms with Gasteiger partial charge in [-0.1, -0.05) is 0 Å². The molecule has 0 rings (SSSR count). The number of hydrogen-bond acceptors (Lipinski definition) is 6. The highest BCUT2D eigenvalue weighted by molar-refractivity contribution is 5.11. The van der Waals surface area contributed by atoms with Gasteiger partial charge in [-0.05, 0) is 27.7 Å². The molecule has 120 valence electrons. The van der Waals surface area contributed by atoms with E-state index in [1.165, 1.54) is 0 Å². The van der Waals surface area contributed by atoms with Crippen LogP contribution in [0.1, 0.15) is 40.5 Å². The van der Waals surface area contributed by atoms with Gasteiger partial charge in [-0.25, -0.2) is 0 Å². The van der Waals surface area contributed by atoms with Crippen molar-refractivity contribution in [2.24, 2.45) is 10.8 Å². The lowest BCUT2D eigenvalue weighted by atomic mass is 9.70. The maximum atomic E-state index is 8.66. The lowest BCUT2D eigenvalue weighted by molar-refractivity contribution is 0.0520. The second-order valence-corrected chi connectivity index (χ2v) is 5.51. The Bertz CT molecular complexity index is 414. The molecule has 0 spiro atoms. The Labute approximate surface area is 133 Å². The topological polar surface area (TPSA) is 114 Å². The summed E-state index contributed by atoms with van der Waals surface area (Å²) in [6.07, 6.45) is 0.830. The monoisotopic (exact) mass is 304 g/mol. The maximum absolute atomic E-state index is 8.66. The van der Waals surface area contributed by atoms with E-state index in [1.807, 2.05) is 12.1 Å². The Morgan fingerprint density at radius 2 is 0.955 bits per heavy atom. The third kappa shape index (κ3) is 10.6. The van der Waals surface area contributed by atoms with Crippen LogP contribution < -0.4 is 0 Å². The molecule has 0 aromatic carbocycles. The number of hydrogen-bond donors (Lipinski definition) is 0. The first kappa shape index (κ1) is 22.2. The van der Waals surface area contributed by atoms with Gasteiger partial charge in [0.1, 0.15) is 0 Å². The van der Waals surface area contributed by atoms with Crippen molar-refractivity contribution in [2.75, 3.05) is 26.4 Å². The van der Waals surface area contributed by atoms with Gasteiger partial charge < -0.3 is 9.47 Å². The SMILES string of the molecule is CC(C)(C#N)C(C)(C)C#N.N#CCCOCCOCCC#N. The molecule has 0 aromatic rings. The highest BCUT2D eigenvalue weighted by atomic mass is 16.5. The summed E-state index contributed by atoms with van der Waals surface area (Å²) in [4.78, 5) is 0. The standard InChI is InChI=1S/C8H12N2O2.C8H12N2/c9-3-1-5-11-7-8-12-6-2-4-10;1-7(2,5-9)8(3,4)6-10/h1-2,5-8H2;1-4H3. The van der Waals surface area contributed by atoms with Crippen molar-refractivity contribution in [1.29, 1.82) is 21.0 Å². The number of nitrogens with zero attached hydrogens (tertiary/aromatic N) is 4. The van der Waals surface area contributed by atoms with Crippen LogP contribution in [0.5, 0.6) is 0 Å². The van der Waals surface area contributed by atoms with E-state index in [1.54, 1.807) is 27.7 Å². The Kier molecular flexibility index (Phi) is 12.7. The van der Waals surface area contributed by atoms with E-state index in [2.05, 4.69) is 12.1 Å². The van der Waals surface area contributed by atoms with Crippen molar-refractivity contribution in [3.63, 3.8) is 0 Å². The van der Waals surface area contributed by atoms with Crippen molar-refractivity contribution < 1.29 is 9.47 Å². The third-order valence-electron chi connectivity index (χ3n) is 3.21. The molecule has 0 aliphatic heterocycles. The smallest absolute Gasteiger partial charge is 0.0700 e. The Morgan fingerprint density at radius 1 is 0.636 bits per heavy atom. The fourth-order valence-corrected chi connectivity index (χ4v) is 0.837. The summed E-state index contributed by atoms with van der Waals surface area (Å²) in [5.74, 6) is 0. The molecular weight excluding hydrogens is 280 g/mol. The zero-order valence-electron chi connectivity index (χ0n) is 13.8. The molecule has 0 aliphatic carbocycles. The molecule has 0 radical (unpaired) electrons. The van der Waals surface area contributed by atoms with Gasteiger partial charge in [0.25, 0.3) is 0 Å². The highest BCUT2D eigenvalue weighted by Crippen LogP contribution is 2.36. The summed E-state index contributed by atoms with van der Waals surface area (Å²) in [6, 6.07) is 8.16. The van der Waals surface area contributed by atoms with E-state index in [0.717, 1.165) is 0 Å². The first-order valence-corrected chi connectivity index (χ1v) is 7.01. The van der Waals surface area contributed by atoms with Crippen LogP contribution in [0.25, 0.3) is 0 Å². The molecule has 6 heteroatoms. The molecule has 0 aliphatic rings. The predicted molar refractivity (Wildman–Crippen MR) is 80.9 cm³/mol. The van der Waals surface area contributed by atoms with E-state index < -0.39 is 10.8 Å². The second kappa shape index (κ2) is 12.6. The predicted octanol–water partition coefficient (Wildman–Crippen LogP) is 2.93. The van der Waals surface area contributed by atoms with Crippen LogP contribution in [-0.4, -0.2) is 26.4 Å². The van der Waals surface area contributed by atoms with Crippen molar-refractivity contribution >= 4 is 0 Å². The average molecular weight is 304 g/mol. The Balaban J connectivity index is 0. The molecule has 22 heavy (non-hydrogen) atoms. The van der Waals surface area contributed by atoms with E-state index in [-0.39, 0.29) is 0 Å². The van der Waals surface area contributed by atoms with Crippen LogP contribution in [0.4, 0.5) is 0 Å². The molecule has 0 aromatic heterocycles. The fourth-order valence-electron chi connectivity index (χ4n) is 0.837. The van der Waals surface area contributed by atoms with E-state index >= 15 is 0 Å². The summed E-state index contributed by atoms with van der Waals surface area (Å²) in [5, 5.41) is 33.6. The summed E-state index contributed by atoms with van der Waals surface area (Å²) >= 11 is 0. The first-order chi connectivity index (χ1) is 10.3. The first-order valence-electron chi connectivity index (χ1n) is 7.01. The summed E-state index contributed by atoms with van der Waals surface area (Å²) in [5.41, 5.74) is -1.14. The van der Waals surface area contributed by atoms with Gasteiger partial charge in [-0.15, -0.1) is 0 Å². The van der Waals surface area contributed by atoms with Crippen LogP contribution in [0.2, 0.25) is 0 Å². The molecule has 0 fully saturated rings. The van der Waals surface area contributed by atoms with Crippen molar-refractivity contribution in [3.8, 4) is 24.3 Å². The molecule has 0 saturated heterocycles. The lowest BCUT2D eigenvalue weighted by Gasteiger charge is -2.28. The molecule has 0 atom stereocenters. The van der Waals surface area contributed by atoms with Crippen LogP contribution >= 0.6 is 0 Å². The van der Waals surface area contributed by atoms with Gasteiger partial charge >= 0.3 is 0 Å². The Hall–Kier alpha value is -2.12. The van der Waals surface area contributed by atoms with Gasteiger partial charge in [-0.2, -0.15) is 21.0 Å². The number of rotatable bonds is 8. The minimum absolute atomic E-state index is 0.415. The molecular formula is C16H24N4O2.